The summed E-state index contributed by atoms with van der Waals surface area (Å²) < 4.78 is 1.62. The van der Waals surface area contributed by atoms with Crippen molar-refractivity contribution in [1.29, 1.82) is 0 Å². The van der Waals surface area contributed by atoms with Crippen LogP contribution in [0.15, 0.2) is 22.8 Å². The molecule has 0 aromatic carbocycles. The van der Waals surface area contributed by atoms with E-state index in [0.717, 1.165) is 9.20 Å². The minimum Gasteiger partial charge on any atom is -0.618 e. The van der Waals surface area contributed by atoms with E-state index in [0.29, 0.717) is 5.69 Å². The summed E-state index contributed by atoms with van der Waals surface area (Å²) in [6.45, 7) is 1.79. The van der Waals surface area contributed by atoms with Crippen LogP contribution < -0.4 is 4.73 Å². The molecule has 66 valence electrons. The van der Waals surface area contributed by atoms with Crippen molar-refractivity contribution in [1.82, 2.24) is 0 Å². The van der Waals surface area contributed by atoms with E-state index in [9.17, 15) is 5.21 Å². The Labute approximate surface area is 79.4 Å². The van der Waals surface area contributed by atoms with E-state index in [1.165, 1.54) is 6.20 Å². The lowest BCUT2D eigenvalue weighted by molar-refractivity contribution is -0.615. The molecule has 1 aromatic heterocycles. The molecule has 1 unspecified atom stereocenters. The molecule has 4 heteroatoms. The zero-order valence-corrected chi connectivity index (χ0v) is 8.28. The zero-order valence-electron chi connectivity index (χ0n) is 6.70. The predicted octanol–water partition coefficient (Wildman–Crippen LogP) is 1.18. The van der Waals surface area contributed by atoms with Crippen molar-refractivity contribution in [3.05, 3.63) is 33.7 Å². The van der Waals surface area contributed by atoms with E-state index in [-0.39, 0.29) is 12.5 Å². The molecule has 0 radical (unpaired) electrons. The van der Waals surface area contributed by atoms with Gasteiger partial charge in [0.2, 0.25) is 0 Å². The maximum Gasteiger partial charge on any atom is 0.198 e. The Balaban J connectivity index is 3.04. The van der Waals surface area contributed by atoms with Gasteiger partial charge in [0.15, 0.2) is 11.9 Å². The summed E-state index contributed by atoms with van der Waals surface area (Å²) in [6.07, 6.45) is 1.42. The lowest BCUT2D eigenvalue weighted by Crippen LogP contribution is -2.33. The molecule has 0 spiro atoms. The van der Waals surface area contributed by atoms with Crippen molar-refractivity contribution >= 4 is 15.9 Å². The number of aliphatic hydroxyl groups excluding tert-OH is 1. The van der Waals surface area contributed by atoms with E-state index in [4.69, 9.17) is 5.11 Å². The molecule has 1 N–H and O–H groups in total. The van der Waals surface area contributed by atoms with Gasteiger partial charge >= 0.3 is 0 Å². The fraction of sp³-hybridized carbons (Fsp3) is 0.375. The van der Waals surface area contributed by atoms with Crippen LogP contribution in [0.5, 0.6) is 0 Å². The van der Waals surface area contributed by atoms with Crippen LogP contribution >= 0.6 is 15.9 Å². The second kappa shape index (κ2) is 3.87. The summed E-state index contributed by atoms with van der Waals surface area (Å²) in [5.41, 5.74) is 0.576. The van der Waals surface area contributed by atoms with E-state index in [2.05, 4.69) is 15.9 Å². The third-order valence-corrected chi connectivity index (χ3v) is 2.18. The van der Waals surface area contributed by atoms with Crippen LogP contribution in [0.1, 0.15) is 18.5 Å². The zero-order chi connectivity index (χ0) is 9.14. The first-order valence-corrected chi connectivity index (χ1v) is 4.44. The number of halogens is 1. The van der Waals surface area contributed by atoms with Crippen LogP contribution in [0.25, 0.3) is 0 Å². The smallest absolute Gasteiger partial charge is 0.198 e. The van der Waals surface area contributed by atoms with Crippen molar-refractivity contribution in [2.45, 2.75) is 12.8 Å². The fourth-order valence-electron chi connectivity index (χ4n) is 0.931. The van der Waals surface area contributed by atoms with Gasteiger partial charge in [-0.05, 0) is 0 Å². The molecule has 0 bridgehead atoms. The number of aromatic nitrogens is 1. The molecular formula is C8H10BrNO2. The van der Waals surface area contributed by atoms with Gasteiger partial charge in [0.25, 0.3) is 0 Å². The summed E-state index contributed by atoms with van der Waals surface area (Å²) in [5, 5.41) is 20.0. The summed E-state index contributed by atoms with van der Waals surface area (Å²) in [4.78, 5) is 0. The maximum atomic E-state index is 11.2. The molecule has 0 fully saturated rings. The van der Waals surface area contributed by atoms with Crippen LogP contribution in [0.3, 0.4) is 0 Å². The van der Waals surface area contributed by atoms with Gasteiger partial charge in [0, 0.05) is 16.6 Å². The van der Waals surface area contributed by atoms with Gasteiger partial charge in [-0.3, -0.25) is 0 Å². The average Bonchev–Trinajstić information content (AvgIpc) is 2.08. The minimum atomic E-state index is -0.125. The predicted molar refractivity (Wildman–Crippen MR) is 48.6 cm³/mol. The standard InChI is InChI=1S/C8H10BrNO2/c1-6(5-11)8-4-7(9)2-3-10(8)12/h2-4,6,11H,5H2,1H3. The van der Waals surface area contributed by atoms with Gasteiger partial charge in [0.1, 0.15) is 0 Å². The van der Waals surface area contributed by atoms with E-state index >= 15 is 0 Å². The number of hydrogen-bond acceptors (Lipinski definition) is 2. The monoisotopic (exact) mass is 231 g/mol. The van der Waals surface area contributed by atoms with Crippen LogP contribution in [-0.4, -0.2) is 11.7 Å². The number of aliphatic hydroxyl groups is 1. The van der Waals surface area contributed by atoms with Gasteiger partial charge in [-0.25, -0.2) is 0 Å². The molecule has 0 saturated carbocycles. The molecule has 1 atom stereocenters. The Morgan fingerprint density at radius 1 is 1.75 bits per heavy atom. The molecule has 0 aliphatic rings. The van der Waals surface area contributed by atoms with Crippen molar-refractivity contribution in [3.8, 4) is 0 Å². The van der Waals surface area contributed by atoms with Gasteiger partial charge in [-0.2, -0.15) is 4.73 Å². The van der Waals surface area contributed by atoms with Crippen LogP contribution in [0, 0.1) is 5.21 Å². The molecular weight excluding hydrogens is 222 g/mol. The van der Waals surface area contributed by atoms with Gasteiger partial charge in [-0.1, -0.05) is 22.9 Å². The highest BCUT2D eigenvalue weighted by Gasteiger charge is 2.13. The Morgan fingerprint density at radius 2 is 2.42 bits per heavy atom. The molecule has 0 aliphatic carbocycles. The molecule has 12 heavy (non-hydrogen) atoms. The van der Waals surface area contributed by atoms with E-state index in [1.807, 2.05) is 0 Å². The Hall–Kier alpha value is -0.610. The summed E-state index contributed by atoms with van der Waals surface area (Å²) in [7, 11) is 0. The summed E-state index contributed by atoms with van der Waals surface area (Å²) in [6, 6.07) is 3.38. The number of nitrogens with zero attached hydrogens (tertiary/aromatic N) is 1. The van der Waals surface area contributed by atoms with Gasteiger partial charge in [0.05, 0.1) is 12.5 Å². The van der Waals surface area contributed by atoms with E-state index < -0.39 is 0 Å². The molecule has 0 aliphatic heterocycles. The fourth-order valence-corrected chi connectivity index (χ4v) is 1.28. The molecule has 0 amide bonds. The molecule has 1 aromatic rings. The lowest BCUT2D eigenvalue weighted by atomic mass is 10.1. The lowest BCUT2D eigenvalue weighted by Gasteiger charge is -2.08. The number of rotatable bonds is 2. The van der Waals surface area contributed by atoms with Crippen molar-refractivity contribution < 1.29 is 9.84 Å². The summed E-state index contributed by atoms with van der Waals surface area (Å²) in [5.74, 6) is -0.125. The van der Waals surface area contributed by atoms with E-state index in [1.54, 1.807) is 19.1 Å². The molecule has 1 rings (SSSR count). The molecule has 0 saturated heterocycles. The highest BCUT2D eigenvalue weighted by Crippen LogP contribution is 2.14. The van der Waals surface area contributed by atoms with Gasteiger partial charge in [-0.15, -0.1) is 0 Å². The first-order chi connectivity index (χ1) is 5.65. The molecule has 3 nitrogen and oxygen atoms in total. The van der Waals surface area contributed by atoms with Crippen LogP contribution in [-0.2, 0) is 0 Å². The molecule has 1 heterocycles. The second-order valence-corrected chi connectivity index (χ2v) is 3.59. The largest absolute Gasteiger partial charge is 0.618 e. The van der Waals surface area contributed by atoms with Gasteiger partial charge < -0.3 is 10.3 Å². The first-order valence-electron chi connectivity index (χ1n) is 3.64. The Bertz CT molecular complexity index is 278. The van der Waals surface area contributed by atoms with Crippen molar-refractivity contribution in [2.24, 2.45) is 0 Å². The number of pyridine rings is 1. The Morgan fingerprint density at radius 3 is 3.00 bits per heavy atom. The first kappa shape index (κ1) is 9.48. The third-order valence-electron chi connectivity index (χ3n) is 1.69. The SMILES string of the molecule is CC(CO)c1cc(Br)cc[n+]1[O-]. The minimum absolute atomic E-state index is 0.0152. The third kappa shape index (κ3) is 1.95. The summed E-state index contributed by atoms with van der Waals surface area (Å²) >= 11 is 3.26. The normalized spacial score (nSPS) is 12.9. The average molecular weight is 232 g/mol. The Kier molecular flexibility index (Phi) is 3.05. The van der Waals surface area contributed by atoms with Crippen LogP contribution in [0.2, 0.25) is 0 Å². The quantitative estimate of drug-likeness (QED) is 0.614. The van der Waals surface area contributed by atoms with Crippen molar-refractivity contribution in [3.63, 3.8) is 0 Å². The topological polar surface area (TPSA) is 47.2 Å². The van der Waals surface area contributed by atoms with Crippen molar-refractivity contribution in [2.75, 3.05) is 6.61 Å². The number of hydrogen-bond donors (Lipinski definition) is 1. The van der Waals surface area contributed by atoms with Crippen LogP contribution in [0.4, 0.5) is 0 Å². The maximum absolute atomic E-state index is 11.2. The second-order valence-electron chi connectivity index (χ2n) is 2.68. The highest BCUT2D eigenvalue weighted by molar-refractivity contribution is 9.10. The highest BCUT2D eigenvalue weighted by atomic mass is 79.9.